The number of anilines is 3. The monoisotopic (exact) mass is 427 g/mol. The van der Waals surface area contributed by atoms with E-state index in [9.17, 15) is 4.79 Å². The minimum atomic E-state index is -0.199. The first-order valence-corrected chi connectivity index (χ1v) is 10.9. The Morgan fingerprint density at radius 2 is 1.94 bits per heavy atom. The SMILES string of the molecule is CCCc1ccnc(NC(=O)c2ccc(-c3nc(N4CCC4)n4ccnc(N)c34)cc2)c1. The number of carbonyl (C=O) groups is 1. The Bertz CT molecular complexity index is 1280. The smallest absolute Gasteiger partial charge is 0.256 e. The standard InChI is InChI=1S/C24H25N7O/c1-2-4-16-9-10-26-19(15-16)28-23(32)18-7-5-17(6-8-18)20-21-22(25)27-11-14-31(21)24(29-20)30-12-3-13-30/h5-11,14-15H,2-4,12-13H2,1H3,(H2,25,27)(H,26,28,32). The number of rotatable bonds is 6. The molecule has 0 atom stereocenters. The van der Waals surface area contributed by atoms with Crippen LogP contribution < -0.4 is 16.0 Å². The zero-order chi connectivity index (χ0) is 22.1. The van der Waals surface area contributed by atoms with Crippen molar-refractivity contribution in [3.63, 3.8) is 0 Å². The van der Waals surface area contributed by atoms with Crippen LogP contribution >= 0.6 is 0 Å². The second kappa shape index (κ2) is 8.30. The summed E-state index contributed by atoms with van der Waals surface area (Å²) in [6.07, 6.45) is 8.45. The van der Waals surface area contributed by atoms with Crippen molar-refractivity contribution < 1.29 is 4.79 Å². The molecule has 8 heteroatoms. The van der Waals surface area contributed by atoms with Crippen LogP contribution in [0.4, 0.5) is 17.6 Å². The van der Waals surface area contributed by atoms with Gasteiger partial charge < -0.3 is 16.0 Å². The normalized spacial score (nSPS) is 13.2. The van der Waals surface area contributed by atoms with Crippen LogP contribution in [0.5, 0.6) is 0 Å². The van der Waals surface area contributed by atoms with Gasteiger partial charge in [0.2, 0.25) is 5.95 Å². The average molecular weight is 428 g/mol. The lowest BCUT2D eigenvalue weighted by Crippen LogP contribution is -2.38. The summed E-state index contributed by atoms with van der Waals surface area (Å²) in [5.41, 5.74) is 10.3. The van der Waals surface area contributed by atoms with Crippen LogP contribution in [0, 0.1) is 0 Å². The summed E-state index contributed by atoms with van der Waals surface area (Å²) < 4.78 is 1.99. The number of nitrogens with zero attached hydrogens (tertiary/aromatic N) is 5. The van der Waals surface area contributed by atoms with Crippen molar-refractivity contribution in [2.75, 3.05) is 29.0 Å². The lowest BCUT2D eigenvalue weighted by molar-refractivity contribution is 0.102. The number of amides is 1. The maximum Gasteiger partial charge on any atom is 0.256 e. The van der Waals surface area contributed by atoms with Crippen LogP contribution in [0.3, 0.4) is 0 Å². The van der Waals surface area contributed by atoms with Gasteiger partial charge in [-0.2, -0.15) is 0 Å². The summed E-state index contributed by atoms with van der Waals surface area (Å²) in [6.45, 7) is 4.08. The lowest BCUT2D eigenvalue weighted by Gasteiger charge is -2.31. The van der Waals surface area contributed by atoms with Gasteiger partial charge >= 0.3 is 0 Å². The third-order valence-corrected chi connectivity index (χ3v) is 5.73. The predicted octanol–water partition coefficient (Wildman–Crippen LogP) is 3.79. The highest BCUT2D eigenvalue weighted by atomic mass is 16.1. The third kappa shape index (κ3) is 3.64. The van der Waals surface area contributed by atoms with Crippen LogP contribution in [0.15, 0.2) is 55.0 Å². The molecule has 4 aromatic rings. The Hall–Kier alpha value is -3.94. The van der Waals surface area contributed by atoms with Crippen molar-refractivity contribution in [2.24, 2.45) is 0 Å². The molecule has 1 amide bonds. The average Bonchev–Trinajstić information content (AvgIpc) is 3.14. The molecule has 8 nitrogen and oxygen atoms in total. The number of imidazole rings is 1. The highest BCUT2D eigenvalue weighted by Crippen LogP contribution is 2.32. The van der Waals surface area contributed by atoms with Crippen molar-refractivity contribution in [1.29, 1.82) is 0 Å². The van der Waals surface area contributed by atoms with Crippen LogP contribution in [-0.2, 0) is 6.42 Å². The molecule has 1 aliphatic rings. The first-order chi connectivity index (χ1) is 15.6. The molecular formula is C24H25N7O. The number of aryl methyl sites for hydroxylation is 1. The number of nitrogen functional groups attached to an aromatic ring is 1. The molecule has 0 bridgehead atoms. The number of nitrogens with one attached hydrogen (secondary N) is 1. The van der Waals surface area contributed by atoms with Gasteiger partial charge in [0.25, 0.3) is 5.91 Å². The minimum Gasteiger partial charge on any atom is -0.382 e. The topological polar surface area (TPSA) is 101 Å². The molecule has 0 aliphatic carbocycles. The number of fused-ring (bicyclic) bond motifs is 1. The van der Waals surface area contributed by atoms with Crippen LogP contribution in [0.1, 0.15) is 35.7 Å². The lowest BCUT2D eigenvalue weighted by atomic mass is 10.1. The van der Waals surface area contributed by atoms with E-state index in [1.54, 1.807) is 24.5 Å². The molecule has 162 valence electrons. The van der Waals surface area contributed by atoms with E-state index in [0.29, 0.717) is 17.2 Å². The highest BCUT2D eigenvalue weighted by Gasteiger charge is 2.23. The molecule has 0 radical (unpaired) electrons. The fourth-order valence-corrected chi connectivity index (χ4v) is 3.94. The fraction of sp³-hybridized carbons (Fsp3) is 0.250. The van der Waals surface area contributed by atoms with Gasteiger partial charge in [-0.05, 0) is 42.7 Å². The summed E-state index contributed by atoms with van der Waals surface area (Å²) in [5.74, 6) is 1.66. The number of pyridine rings is 1. The van der Waals surface area contributed by atoms with E-state index in [1.165, 1.54) is 0 Å². The van der Waals surface area contributed by atoms with Gasteiger partial charge in [0.05, 0.1) is 0 Å². The maximum absolute atomic E-state index is 12.7. The summed E-state index contributed by atoms with van der Waals surface area (Å²) in [7, 11) is 0. The van der Waals surface area contributed by atoms with Gasteiger partial charge in [-0.1, -0.05) is 25.5 Å². The molecule has 5 rings (SSSR count). The molecule has 0 unspecified atom stereocenters. The molecule has 3 aromatic heterocycles. The first-order valence-electron chi connectivity index (χ1n) is 10.9. The number of hydrogen-bond acceptors (Lipinski definition) is 6. The molecule has 0 saturated carbocycles. The van der Waals surface area contributed by atoms with Gasteiger partial charge in [0.15, 0.2) is 0 Å². The van der Waals surface area contributed by atoms with E-state index in [1.807, 2.05) is 34.9 Å². The molecule has 1 saturated heterocycles. The Kier molecular flexibility index (Phi) is 5.18. The number of carbonyl (C=O) groups excluding carboxylic acids is 1. The first kappa shape index (κ1) is 20.0. The van der Waals surface area contributed by atoms with Gasteiger partial charge in [0, 0.05) is 42.8 Å². The number of aromatic nitrogens is 4. The zero-order valence-electron chi connectivity index (χ0n) is 18.0. The molecular weight excluding hydrogens is 402 g/mol. The predicted molar refractivity (Wildman–Crippen MR) is 126 cm³/mol. The Balaban J connectivity index is 1.42. The second-order valence-corrected chi connectivity index (χ2v) is 7.96. The summed E-state index contributed by atoms with van der Waals surface area (Å²) >= 11 is 0. The quantitative estimate of drug-likeness (QED) is 0.485. The molecule has 1 fully saturated rings. The van der Waals surface area contributed by atoms with E-state index in [-0.39, 0.29) is 5.91 Å². The third-order valence-electron chi connectivity index (χ3n) is 5.73. The van der Waals surface area contributed by atoms with Gasteiger partial charge in [-0.15, -0.1) is 0 Å². The van der Waals surface area contributed by atoms with Crippen molar-refractivity contribution >= 4 is 29.0 Å². The Morgan fingerprint density at radius 3 is 2.66 bits per heavy atom. The van der Waals surface area contributed by atoms with E-state index < -0.39 is 0 Å². The zero-order valence-corrected chi connectivity index (χ0v) is 18.0. The van der Waals surface area contributed by atoms with Gasteiger partial charge in [-0.3, -0.25) is 9.20 Å². The van der Waals surface area contributed by atoms with E-state index in [4.69, 9.17) is 10.7 Å². The van der Waals surface area contributed by atoms with Crippen LogP contribution in [-0.4, -0.2) is 38.3 Å². The van der Waals surface area contributed by atoms with E-state index >= 15 is 0 Å². The molecule has 32 heavy (non-hydrogen) atoms. The number of nitrogens with two attached hydrogens (primary N) is 1. The summed E-state index contributed by atoms with van der Waals surface area (Å²) in [5, 5.41) is 2.88. The van der Waals surface area contributed by atoms with Crippen LogP contribution in [0.2, 0.25) is 0 Å². The van der Waals surface area contributed by atoms with Crippen molar-refractivity contribution in [2.45, 2.75) is 26.2 Å². The minimum absolute atomic E-state index is 0.199. The van der Waals surface area contributed by atoms with Crippen molar-refractivity contribution in [3.05, 3.63) is 66.1 Å². The largest absolute Gasteiger partial charge is 0.382 e. The van der Waals surface area contributed by atoms with Crippen molar-refractivity contribution in [3.8, 4) is 11.3 Å². The van der Waals surface area contributed by atoms with Crippen molar-refractivity contribution in [1.82, 2.24) is 19.4 Å². The Morgan fingerprint density at radius 1 is 1.12 bits per heavy atom. The van der Waals surface area contributed by atoms with Gasteiger partial charge in [-0.25, -0.2) is 15.0 Å². The van der Waals surface area contributed by atoms with Crippen LogP contribution in [0.25, 0.3) is 16.8 Å². The second-order valence-electron chi connectivity index (χ2n) is 7.96. The molecule has 1 aromatic carbocycles. The maximum atomic E-state index is 12.7. The molecule has 4 heterocycles. The number of hydrogen-bond donors (Lipinski definition) is 2. The highest BCUT2D eigenvalue weighted by molar-refractivity contribution is 6.04. The fourth-order valence-electron chi connectivity index (χ4n) is 3.94. The number of benzene rings is 1. The summed E-state index contributed by atoms with van der Waals surface area (Å²) in [4.78, 5) is 28.3. The van der Waals surface area contributed by atoms with E-state index in [0.717, 1.165) is 60.6 Å². The molecule has 0 spiro atoms. The Labute approximate surface area is 186 Å². The van der Waals surface area contributed by atoms with Gasteiger partial charge in [0.1, 0.15) is 22.8 Å². The van der Waals surface area contributed by atoms with E-state index in [2.05, 4.69) is 27.1 Å². The molecule has 1 aliphatic heterocycles. The molecule has 3 N–H and O–H groups in total. The summed E-state index contributed by atoms with van der Waals surface area (Å²) in [6, 6.07) is 11.3.